The van der Waals surface area contributed by atoms with E-state index in [2.05, 4.69) is 28.9 Å². The van der Waals surface area contributed by atoms with Crippen molar-refractivity contribution in [1.29, 1.82) is 0 Å². The summed E-state index contributed by atoms with van der Waals surface area (Å²) in [4.78, 5) is 17.7. The number of nitrogens with zero attached hydrogens (tertiary/aromatic N) is 1. The fraction of sp³-hybridized carbons (Fsp3) is 0.500. The lowest BCUT2D eigenvalue weighted by Crippen LogP contribution is -2.47. The minimum Gasteiger partial charge on any atom is -0.481 e. The third-order valence-electron chi connectivity index (χ3n) is 6.21. The number of benzene rings is 1. The lowest BCUT2D eigenvalue weighted by Gasteiger charge is -2.43. The van der Waals surface area contributed by atoms with Crippen molar-refractivity contribution >= 4 is 11.6 Å². The number of aliphatic hydroxyl groups is 1. The molecule has 0 aliphatic heterocycles. The molecular formula is C24H30F2N2O4. The third-order valence-corrected chi connectivity index (χ3v) is 6.21. The number of hydrogen-bond acceptors (Lipinski definition) is 5. The fourth-order valence-electron chi connectivity index (χ4n) is 4.32. The van der Waals surface area contributed by atoms with Crippen molar-refractivity contribution in [3.63, 3.8) is 0 Å². The van der Waals surface area contributed by atoms with Crippen LogP contribution in [0.5, 0.6) is 11.8 Å². The predicted octanol–water partition coefficient (Wildman–Crippen LogP) is 5.02. The highest BCUT2D eigenvalue weighted by molar-refractivity contribution is 6.00. The Morgan fingerprint density at radius 1 is 1.12 bits per heavy atom. The van der Waals surface area contributed by atoms with Crippen molar-refractivity contribution in [3.05, 3.63) is 47.5 Å². The Balaban J connectivity index is 2.03. The van der Waals surface area contributed by atoms with Gasteiger partial charge >= 0.3 is 6.61 Å². The van der Waals surface area contributed by atoms with E-state index in [0.29, 0.717) is 25.7 Å². The van der Waals surface area contributed by atoms with Crippen molar-refractivity contribution in [2.75, 3.05) is 12.4 Å². The van der Waals surface area contributed by atoms with E-state index in [-0.39, 0.29) is 23.4 Å². The minimum absolute atomic E-state index is 0.0369. The second-order valence-electron chi connectivity index (χ2n) is 8.86. The number of nitrogens with one attached hydrogen (secondary N) is 1. The van der Waals surface area contributed by atoms with Crippen LogP contribution in [-0.2, 0) is 10.2 Å². The molecule has 3 rings (SSSR count). The molecule has 1 heterocycles. The molecule has 6 nitrogen and oxygen atoms in total. The van der Waals surface area contributed by atoms with Gasteiger partial charge in [-0.25, -0.2) is 0 Å². The van der Waals surface area contributed by atoms with Crippen molar-refractivity contribution in [2.45, 2.75) is 70.0 Å². The average molecular weight is 449 g/mol. The average Bonchev–Trinajstić information content (AvgIpc) is 2.74. The minimum atomic E-state index is -3.11. The summed E-state index contributed by atoms with van der Waals surface area (Å²) in [6, 6.07) is 10.7. The van der Waals surface area contributed by atoms with E-state index >= 15 is 0 Å². The topological polar surface area (TPSA) is 80.7 Å². The van der Waals surface area contributed by atoms with Gasteiger partial charge in [0.1, 0.15) is 5.69 Å². The van der Waals surface area contributed by atoms with Gasteiger partial charge in [0.25, 0.3) is 0 Å². The molecule has 1 amide bonds. The molecule has 2 aromatic rings. The van der Waals surface area contributed by atoms with Crippen LogP contribution in [0.15, 0.2) is 36.4 Å². The molecular weight excluding hydrogens is 418 g/mol. The summed E-state index contributed by atoms with van der Waals surface area (Å²) < 4.78 is 35.4. The molecule has 0 saturated heterocycles. The zero-order valence-electron chi connectivity index (χ0n) is 18.8. The zero-order chi connectivity index (χ0) is 23.5. The lowest BCUT2D eigenvalue weighted by atomic mass is 9.63. The molecule has 0 radical (unpaired) electrons. The Labute approximate surface area is 187 Å². The molecule has 0 unspecified atom stereocenters. The van der Waals surface area contributed by atoms with Crippen molar-refractivity contribution in [3.8, 4) is 11.8 Å². The highest BCUT2D eigenvalue weighted by Crippen LogP contribution is 2.46. The quantitative estimate of drug-likeness (QED) is 0.622. The summed E-state index contributed by atoms with van der Waals surface area (Å²) >= 11 is 0. The maximum Gasteiger partial charge on any atom is 0.388 e. The van der Waals surface area contributed by atoms with Crippen LogP contribution in [0.4, 0.5) is 14.5 Å². The number of methoxy groups -OCH3 is 1. The summed E-state index contributed by atoms with van der Waals surface area (Å²) in [5, 5.41) is 13.3. The van der Waals surface area contributed by atoms with E-state index in [9.17, 15) is 18.7 Å². The number of halogens is 2. The number of amides is 1. The van der Waals surface area contributed by atoms with Gasteiger partial charge in [-0.15, -0.1) is 0 Å². The Morgan fingerprint density at radius 3 is 2.38 bits per heavy atom. The van der Waals surface area contributed by atoms with Gasteiger partial charge in [0, 0.05) is 6.07 Å². The molecule has 174 valence electrons. The number of alkyl halides is 2. The first-order valence-electron chi connectivity index (χ1n) is 10.7. The molecule has 32 heavy (non-hydrogen) atoms. The first kappa shape index (κ1) is 23.9. The molecule has 2 N–H and O–H groups in total. The largest absolute Gasteiger partial charge is 0.481 e. The van der Waals surface area contributed by atoms with E-state index in [1.165, 1.54) is 19.2 Å². The van der Waals surface area contributed by atoms with E-state index in [1.807, 2.05) is 24.3 Å². The predicted molar refractivity (Wildman–Crippen MR) is 117 cm³/mol. The summed E-state index contributed by atoms with van der Waals surface area (Å²) in [5.74, 6) is -0.485. The van der Waals surface area contributed by atoms with Crippen LogP contribution >= 0.6 is 0 Å². The Morgan fingerprint density at radius 2 is 1.78 bits per heavy atom. The molecule has 0 atom stereocenters. The van der Waals surface area contributed by atoms with E-state index in [1.54, 1.807) is 6.92 Å². The monoisotopic (exact) mass is 448 g/mol. The van der Waals surface area contributed by atoms with Gasteiger partial charge in [-0.3, -0.25) is 4.79 Å². The van der Waals surface area contributed by atoms with Crippen LogP contribution < -0.4 is 14.8 Å². The second-order valence-corrected chi connectivity index (χ2v) is 8.86. The van der Waals surface area contributed by atoms with Crippen LogP contribution in [0, 0.1) is 0 Å². The standard InChI is InChI=1S/C24H30F2N2O4/c1-15(2)16-7-5-6-8-17(16)24(13-11-23(3,30)12-14-24)21(29)27-18-9-10-19(31-4)28-20(18)32-22(25)26/h5-10,15,22,30H,11-14H2,1-4H3,(H,27,29). The van der Waals surface area contributed by atoms with Gasteiger partial charge in [0.15, 0.2) is 0 Å². The van der Waals surface area contributed by atoms with Gasteiger partial charge < -0.3 is 19.9 Å². The molecule has 0 spiro atoms. The second kappa shape index (κ2) is 9.40. The van der Waals surface area contributed by atoms with E-state index in [0.717, 1.165) is 11.1 Å². The summed E-state index contributed by atoms with van der Waals surface area (Å²) in [7, 11) is 1.36. The molecule has 1 aromatic heterocycles. The SMILES string of the molecule is COc1ccc(NC(=O)C2(c3ccccc3C(C)C)CCC(C)(O)CC2)c(OC(F)F)n1. The summed E-state index contributed by atoms with van der Waals surface area (Å²) in [6.45, 7) is 2.78. The van der Waals surface area contributed by atoms with E-state index < -0.39 is 23.5 Å². The summed E-state index contributed by atoms with van der Waals surface area (Å²) in [6.07, 6.45) is 1.72. The number of carbonyl (C=O) groups is 1. The molecule has 1 aromatic carbocycles. The lowest BCUT2D eigenvalue weighted by molar-refractivity contribution is -0.125. The molecule has 8 heteroatoms. The first-order valence-corrected chi connectivity index (χ1v) is 10.7. The number of hydrogen-bond donors (Lipinski definition) is 2. The molecule has 0 bridgehead atoms. The first-order chi connectivity index (χ1) is 15.1. The Hall–Kier alpha value is -2.74. The summed E-state index contributed by atoms with van der Waals surface area (Å²) in [5.41, 5.74) is 0.185. The zero-order valence-corrected chi connectivity index (χ0v) is 18.8. The van der Waals surface area contributed by atoms with Crippen LogP contribution in [0.25, 0.3) is 0 Å². The number of rotatable bonds is 7. The maximum absolute atomic E-state index is 13.8. The molecule has 1 saturated carbocycles. The van der Waals surface area contributed by atoms with Gasteiger partial charge in [-0.05, 0) is 55.7 Å². The van der Waals surface area contributed by atoms with Crippen LogP contribution in [0.3, 0.4) is 0 Å². The number of aromatic nitrogens is 1. The molecule has 1 aliphatic carbocycles. The Kier molecular flexibility index (Phi) is 7.03. The maximum atomic E-state index is 13.8. The molecule has 1 fully saturated rings. The third kappa shape index (κ3) is 5.01. The van der Waals surface area contributed by atoms with Crippen LogP contribution in [0.2, 0.25) is 0 Å². The van der Waals surface area contributed by atoms with Crippen molar-refractivity contribution < 1.29 is 28.2 Å². The van der Waals surface area contributed by atoms with Gasteiger partial charge in [-0.1, -0.05) is 38.1 Å². The van der Waals surface area contributed by atoms with Crippen LogP contribution in [-0.4, -0.2) is 35.3 Å². The highest BCUT2D eigenvalue weighted by Gasteiger charge is 2.47. The number of anilines is 1. The fourth-order valence-corrected chi connectivity index (χ4v) is 4.32. The van der Waals surface area contributed by atoms with Gasteiger partial charge in [0.2, 0.25) is 17.7 Å². The molecule has 1 aliphatic rings. The van der Waals surface area contributed by atoms with Crippen molar-refractivity contribution in [1.82, 2.24) is 4.98 Å². The van der Waals surface area contributed by atoms with Gasteiger partial charge in [0.05, 0.1) is 18.1 Å². The van der Waals surface area contributed by atoms with Gasteiger partial charge in [-0.2, -0.15) is 13.8 Å². The normalized spacial score (nSPS) is 23.3. The van der Waals surface area contributed by atoms with Crippen LogP contribution in [0.1, 0.15) is 63.5 Å². The smallest absolute Gasteiger partial charge is 0.388 e. The Bertz CT molecular complexity index is 953. The number of pyridine rings is 1. The number of ether oxygens (including phenoxy) is 2. The number of carbonyl (C=O) groups excluding carboxylic acids is 1. The highest BCUT2D eigenvalue weighted by atomic mass is 19.3. The van der Waals surface area contributed by atoms with E-state index in [4.69, 9.17) is 4.74 Å². The van der Waals surface area contributed by atoms with Crippen molar-refractivity contribution in [2.24, 2.45) is 0 Å².